The molecule has 1 N–H and O–H groups in total. The standard InChI is InChI=1S/C23H23FN6O2/c24-19-12-17(5-6-20(19)29-7-9-32-10-8-29)27-23-26-14-16-11-15(13-25)22(31)30(21(16)28-23)18-3-1-2-4-18/h5-6,11-12,14,18H,1-4,7-10H2,(H,26,27,28). The SMILES string of the molecule is N#Cc1cc2cnc(Nc3ccc(N4CCOCC4)c(F)c3)nc2n(C2CCCC2)c1=O. The predicted molar refractivity (Wildman–Crippen MR) is 119 cm³/mol. The molecule has 5 rings (SSSR count). The van der Waals surface area contributed by atoms with Gasteiger partial charge in [0.1, 0.15) is 23.1 Å². The Hall–Kier alpha value is -3.51. The van der Waals surface area contributed by atoms with E-state index in [9.17, 15) is 14.4 Å². The molecular formula is C23H23FN6O2. The fourth-order valence-electron chi connectivity index (χ4n) is 4.54. The first-order valence-electron chi connectivity index (χ1n) is 10.9. The minimum atomic E-state index is -0.334. The van der Waals surface area contributed by atoms with Crippen LogP contribution in [0.25, 0.3) is 11.0 Å². The highest BCUT2D eigenvalue weighted by molar-refractivity contribution is 5.77. The lowest BCUT2D eigenvalue weighted by Gasteiger charge is -2.29. The Balaban J connectivity index is 1.48. The van der Waals surface area contributed by atoms with E-state index in [-0.39, 0.29) is 28.9 Å². The van der Waals surface area contributed by atoms with Crippen LogP contribution in [0.15, 0.2) is 35.3 Å². The van der Waals surface area contributed by atoms with Crippen molar-refractivity contribution >= 4 is 28.4 Å². The maximum absolute atomic E-state index is 14.8. The molecule has 0 amide bonds. The van der Waals surface area contributed by atoms with Crippen molar-refractivity contribution in [1.82, 2.24) is 14.5 Å². The normalized spacial score (nSPS) is 16.9. The highest BCUT2D eigenvalue weighted by atomic mass is 19.1. The molecule has 0 bridgehead atoms. The number of anilines is 3. The van der Waals surface area contributed by atoms with Gasteiger partial charge in [-0.1, -0.05) is 12.8 Å². The zero-order valence-corrected chi connectivity index (χ0v) is 17.6. The summed E-state index contributed by atoms with van der Waals surface area (Å²) in [6.07, 6.45) is 5.44. The lowest BCUT2D eigenvalue weighted by molar-refractivity contribution is 0.122. The number of hydrogen-bond acceptors (Lipinski definition) is 7. The molecule has 3 heterocycles. The lowest BCUT2D eigenvalue weighted by atomic mass is 10.2. The monoisotopic (exact) mass is 434 g/mol. The van der Waals surface area contributed by atoms with Crippen molar-refractivity contribution in [2.45, 2.75) is 31.7 Å². The number of morpholine rings is 1. The zero-order chi connectivity index (χ0) is 22.1. The lowest BCUT2D eigenvalue weighted by Crippen LogP contribution is -2.36. The number of nitrogens with one attached hydrogen (secondary N) is 1. The predicted octanol–water partition coefficient (Wildman–Crippen LogP) is 3.50. The van der Waals surface area contributed by atoms with E-state index in [0.29, 0.717) is 48.7 Å². The second kappa shape index (κ2) is 8.55. The van der Waals surface area contributed by atoms with Crippen LogP contribution in [0.3, 0.4) is 0 Å². The van der Waals surface area contributed by atoms with Crippen LogP contribution in [-0.2, 0) is 4.74 Å². The number of ether oxygens (including phenoxy) is 1. The third-order valence-electron chi connectivity index (χ3n) is 6.14. The fourth-order valence-corrected chi connectivity index (χ4v) is 4.54. The van der Waals surface area contributed by atoms with E-state index in [4.69, 9.17) is 4.74 Å². The smallest absolute Gasteiger partial charge is 0.270 e. The van der Waals surface area contributed by atoms with Gasteiger partial charge in [-0.05, 0) is 37.1 Å². The molecule has 164 valence electrons. The molecule has 2 aliphatic rings. The van der Waals surface area contributed by atoms with Crippen LogP contribution >= 0.6 is 0 Å². The zero-order valence-electron chi connectivity index (χ0n) is 17.6. The summed E-state index contributed by atoms with van der Waals surface area (Å²) in [5.74, 6) is -0.0638. The second-order valence-corrected chi connectivity index (χ2v) is 8.15. The molecule has 2 aromatic heterocycles. The molecule has 0 unspecified atom stereocenters. The van der Waals surface area contributed by atoms with Gasteiger partial charge in [0.15, 0.2) is 0 Å². The molecule has 0 radical (unpaired) electrons. The van der Waals surface area contributed by atoms with Gasteiger partial charge in [0.2, 0.25) is 5.95 Å². The number of benzene rings is 1. The van der Waals surface area contributed by atoms with Crippen LogP contribution in [0.4, 0.5) is 21.7 Å². The Morgan fingerprint density at radius 1 is 1.19 bits per heavy atom. The summed E-state index contributed by atoms with van der Waals surface area (Å²) in [6.45, 7) is 2.48. The van der Waals surface area contributed by atoms with Gasteiger partial charge in [0.25, 0.3) is 5.56 Å². The Morgan fingerprint density at radius 3 is 2.69 bits per heavy atom. The van der Waals surface area contributed by atoms with Crippen molar-refractivity contribution in [1.29, 1.82) is 5.26 Å². The number of nitriles is 1. The van der Waals surface area contributed by atoms with Gasteiger partial charge in [-0.3, -0.25) is 9.36 Å². The van der Waals surface area contributed by atoms with Crippen molar-refractivity contribution < 1.29 is 9.13 Å². The summed E-state index contributed by atoms with van der Waals surface area (Å²) in [5.41, 5.74) is 1.32. The molecule has 1 aliphatic carbocycles. The summed E-state index contributed by atoms with van der Waals surface area (Å²) in [4.78, 5) is 23.8. The van der Waals surface area contributed by atoms with Crippen LogP contribution in [0, 0.1) is 17.1 Å². The molecule has 0 spiro atoms. The van der Waals surface area contributed by atoms with Gasteiger partial charge in [-0.2, -0.15) is 10.2 Å². The Bertz CT molecular complexity index is 1260. The number of halogens is 1. The van der Waals surface area contributed by atoms with Gasteiger partial charge < -0.3 is 15.0 Å². The van der Waals surface area contributed by atoms with Gasteiger partial charge >= 0.3 is 0 Å². The van der Waals surface area contributed by atoms with E-state index >= 15 is 0 Å². The molecule has 32 heavy (non-hydrogen) atoms. The van der Waals surface area contributed by atoms with Crippen molar-refractivity contribution in [3.05, 3.63) is 52.2 Å². The maximum atomic E-state index is 14.8. The molecule has 2 fully saturated rings. The Labute approximate surface area is 184 Å². The summed E-state index contributed by atoms with van der Waals surface area (Å²) < 4.78 is 21.7. The van der Waals surface area contributed by atoms with Gasteiger partial charge in [0, 0.05) is 36.4 Å². The van der Waals surface area contributed by atoms with E-state index in [2.05, 4.69) is 15.3 Å². The molecule has 1 saturated carbocycles. The third-order valence-corrected chi connectivity index (χ3v) is 6.14. The summed E-state index contributed by atoms with van der Waals surface area (Å²) in [5, 5.41) is 13.1. The first kappa shape index (κ1) is 20.4. The van der Waals surface area contributed by atoms with Crippen molar-refractivity contribution in [3.8, 4) is 6.07 Å². The third kappa shape index (κ3) is 3.78. The fraction of sp³-hybridized carbons (Fsp3) is 0.391. The minimum Gasteiger partial charge on any atom is -0.378 e. The highest BCUT2D eigenvalue weighted by Gasteiger charge is 2.23. The molecule has 8 nitrogen and oxygen atoms in total. The number of fused-ring (bicyclic) bond motifs is 1. The molecule has 1 saturated heterocycles. The molecule has 9 heteroatoms. The van der Waals surface area contributed by atoms with Crippen molar-refractivity contribution in [2.75, 3.05) is 36.5 Å². The topological polar surface area (TPSA) is 96.1 Å². The largest absolute Gasteiger partial charge is 0.378 e. The number of pyridine rings is 1. The van der Waals surface area contributed by atoms with Crippen LogP contribution in [0.2, 0.25) is 0 Å². The summed E-state index contributed by atoms with van der Waals surface area (Å²) in [7, 11) is 0. The molecule has 3 aromatic rings. The number of rotatable bonds is 4. The van der Waals surface area contributed by atoms with Crippen molar-refractivity contribution in [2.24, 2.45) is 0 Å². The van der Waals surface area contributed by atoms with Gasteiger partial charge in [-0.15, -0.1) is 0 Å². The van der Waals surface area contributed by atoms with Crippen LogP contribution in [0.1, 0.15) is 37.3 Å². The van der Waals surface area contributed by atoms with Crippen LogP contribution < -0.4 is 15.8 Å². The number of nitrogens with zero attached hydrogens (tertiary/aromatic N) is 5. The number of hydrogen-bond donors (Lipinski definition) is 1. The Kier molecular flexibility index (Phi) is 5.45. The number of aromatic nitrogens is 3. The van der Waals surface area contributed by atoms with E-state index in [1.54, 1.807) is 22.9 Å². The van der Waals surface area contributed by atoms with Crippen LogP contribution in [-0.4, -0.2) is 40.8 Å². The molecular weight excluding hydrogens is 411 g/mol. The van der Waals surface area contributed by atoms with Gasteiger partial charge in [0.05, 0.1) is 18.9 Å². The Morgan fingerprint density at radius 2 is 1.97 bits per heavy atom. The summed E-state index contributed by atoms with van der Waals surface area (Å²) >= 11 is 0. The van der Waals surface area contributed by atoms with Crippen molar-refractivity contribution in [3.63, 3.8) is 0 Å². The van der Waals surface area contributed by atoms with E-state index in [1.165, 1.54) is 12.1 Å². The first-order chi connectivity index (χ1) is 15.6. The van der Waals surface area contributed by atoms with Gasteiger partial charge in [-0.25, -0.2) is 9.37 Å². The minimum absolute atomic E-state index is 0.0197. The molecule has 1 aliphatic heterocycles. The van der Waals surface area contributed by atoms with E-state index < -0.39 is 0 Å². The maximum Gasteiger partial charge on any atom is 0.270 e. The van der Waals surface area contributed by atoms with E-state index in [0.717, 1.165) is 25.7 Å². The first-order valence-corrected chi connectivity index (χ1v) is 10.9. The van der Waals surface area contributed by atoms with E-state index in [1.807, 2.05) is 11.0 Å². The van der Waals surface area contributed by atoms with Crippen LogP contribution in [0.5, 0.6) is 0 Å². The second-order valence-electron chi connectivity index (χ2n) is 8.15. The average Bonchev–Trinajstić information content (AvgIpc) is 3.34. The summed E-state index contributed by atoms with van der Waals surface area (Å²) in [6, 6.07) is 8.47. The molecule has 1 aromatic carbocycles. The molecule has 0 atom stereocenters. The quantitative estimate of drug-likeness (QED) is 0.671. The highest BCUT2D eigenvalue weighted by Crippen LogP contribution is 2.31. The average molecular weight is 434 g/mol.